The minimum atomic E-state index is 0.333. The molecular formula is C13H19BrN2O. The molecule has 0 radical (unpaired) electrons. The molecule has 0 amide bonds. The number of hydrogen-bond acceptors (Lipinski definition) is 3. The molecule has 1 aromatic rings. The summed E-state index contributed by atoms with van der Waals surface area (Å²) in [6.07, 6.45) is 4.57. The van der Waals surface area contributed by atoms with Gasteiger partial charge in [0, 0.05) is 16.6 Å². The normalized spacial score (nSPS) is 24.4. The summed E-state index contributed by atoms with van der Waals surface area (Å²) in [5, 5.41) is 3.54. The first kappa shape index (κ1) is 12.7. The van der Waals surface area contributed by atoms with Crippen molar-refractivity contribution < 1.29 is 4.74 Å². The van der Waals surface area contributed by atoms with Crippen molar-refractivity contribution in [1.29, 1.82) is 0 Å². The Morgan fingerprint density at radius 2 is 2.24 bits per heavy atom. The van der Waals surface area contributed by atoms with E-state index in [1.807, 2.05) is 12.1 Å². The Kier molecular flexibility index (Phi) is 4.29. The zero-order chi connectivity index (χ0) is 12.3. The van der Waals surface area contributed by atoms with Gasteiger partial charge >= 0.3 is 0 Å². The van der Waals surface area contributed by atoms with E-state index < -0.39 is 0 Å². The summed E-state index contributed by atoms with van der Waals surface area (Å²) in [7, 11) is 1.70. The lowest BCUT2D eigenvalue weighted by molar-refractivity contribution is 0.400. The Morgan fingerprint density at radius 1 is 1.41 bits per heavy atom. The summed E-state index contributed by atoms with van der Waals surface area (Å²) in [5.74, 6) is 0.882. The first-order chi connectivity index (χ1) is 8.19. The van der Waals surface area contributed by atoms with Crippen LogP contribution >= 0.6 is 15.9 Å². The monoisotopic (exact) mass is 298 g/mol. The SMILES string of the molecule is COc1ccc(Br)cc1NC1CCCC(N)C1. The summed E-state index contributed by atoms with van der Waals surface area (Å²) in [6, 6.07) is 6.80. The minimum absolute atomic E-state index is 0.333. The number of ether oxygens (including phenoxy) is 1. The fourth-order valence-corrected chi connectivity index (χ4v) is 2.73. The molecule has 2 rings (SSSR count). The Hall–Kier alpha value is -0.740. The maximum atomic E-state index is 6.00. The van der Waals surface area contributed by atoms with Crippen LogP contribution < -0.4 is 15.8 Å². The molecule has 17 heavy (non-hydrogen) atoms. The van der Waals surface area contributed by atoms with Gasteiger partial charge in [-0.25, -0.2) is 0 Å². The number of rotatable bonds is 3. The molecule has 0 saturated heterocycles. The summed E-state index contributed by atoms with van der Waals surface area (Å²) in [5.41, 5.74) is 7.04. The third-order valence-corrected chi connectivity index (χ3v) is 3.73. The molecule has 1 aromatic carbocycles. The molecule has 2 atom stereocenters. The molecule has 1 saturated carbocycles. The van der Waals surface area contributed by atoms with E-state index in [1.54, 1.807) is 7.11 Å². The maximum absolute atomic E-state index is 6.00. The lowest BCUT2D eigenvalue weighted by Gasteiger charge is -2.28. The zero-order valence-corrected chi connectivity index (χ0v) is 11.7. The van der Waals surface area contributed by atoms with E-state index in [9.17, 15) is 0 Å². The predicted octanol–water partition coefficient (Wildman–Crippen LogP) is 3.14. The summed E-state index contributed by atoms with van der Waals surface area (Å²) in [6.45, 7) is 0. The molecule has 0 bridgehead atoms. The summed E-state index contributed by atoms with van der Waals surface area (Å²) in [4.78, 5) is 0. The first-order valence-electron chi connectivity index (χ1n) is 6.04. The first-order valence-corrected chi connectivity index (χ1v) is 6.84. The van der Waals surface area contributed by atoms with Crippen LogP contribution in [0.15, 0.2) is 22.7 Å². The number of nitrogens with one attached hydrogen (secondary N) is 1. The van der Waals surface area contributed by atoms with E-state index in [0.717, 1.165) is 28.8 Å². The highest BCUT2D eigenvalue weighted by Crippen LogP contribution is 2.30. The minimum Gasteiger partial charge on any atom is -0.495 e. The van der Waals surface area contributed by atoms with Crippen LogP contribution in [-0.4, -0.2) is 19.2 Å². The lowest BCUT2D eigenvalue weighted by Crippen LogP contribution is -2.34. The largest absolute Gasteiger partial charge is 0.495 e. The van der Waals surface area contributed by atoms with Crippen molar-refractivity contribution in [2.24, 2.45) is 5.73 Å². The van der Waals surface area contributed by atoms with Crippen LogP contribution in [0.4, 0.5) is 5.69 Å². The number of benzene rings is 1. The molecule has 4 heteroatoms. The van der Waals surface area contributed by atoms with E-state index in [1.165, 1.54) is 12.8 Å². The molecule has 3 N–H and O–H groups in total. The van der Waals surface area contributed by atoms with Gasteiger partial charge < -0.3 is 15.8 Å². The molecule has 1 aliphatic rings. The third kappa shape index (κ3) is 3.36. The second-order valence-corrected chi connectivity index (χ2v) is 5.53. The summed E-state index contributed by atoms with van der Waals surface area (Å²) >= 11 is 3.48. The number of anilines is 1. The second-order valence-electron chi connectivity index (χ2n) is 4.61. The van der Waals surface area contributed by atoms with Gasteiger partial charge in [0.15, 0.2) is 0 Å². The molecule has 0 spiro atoms. The van der Waals surface area contributed by atoms with E-state index >= 15 is 0 Å². The van der Waals surface area contributed by atoms with Crippen LogP contribution in [0, 0.1) is 0 Å². The van der Waals surface area contributed by atoms with Crippen LogP contribution in [0.5, 0.6) is 5.75 Å². The Labute approximate surface area is 111 Å². The van der Waals surface area contributed by atoms with Gasteiger partial charge in [-0.05, 0) is 43.9 Å². The Morgan fingerprint density at radius 3 is 2.94 bits per heavy atom. The average molecular weight is 299 g/mol. The van der Waals surface area contributed by atoms with Crippen LogP contribution in [-0.2, 0) is 0 Å². The fourth-order valence-electron chi connectivity index (χ4n) is 2.37. The van der Waals surface area contributed by atoms with E-state index in [-0.39, 0.29) is 0 Å². The number of methoxy groups -OCH3 is 1. The topological polar surface area (TPSA) is 47.3 Å². The highest BCUT2D eigenvalue weighted by molar-refractivity contribution is 9.10. The van der Waals surface area contributed by atoms with Crippen molar-refractivity contribution in [1.82, 2.24) is 0 Å². The Balaban J connectivity index is 2.08. The van der Waals surface area contributed by atoms with Crippen molar-refractivity contribution in [2.75, 3.05) is 12.4 Å². The molecule has 2 unspecified atom stereocenters. The van der Waals surface area contributed by atoms with Gasteiger partial charge in [0.25, 0.3) is 0 Å². The van der Waals surface area contributed by atoms with Crippen LogP contribution in [0.3, 0.4) is 0 Å². The van der Waals surface area contributed by atoms with E-state index in [0.29, 0.717) is 12.1 Å². The highest BCUT2D eigenvalue weighted by Gasteiger charge is 2.19. The molecule has 0 heterocycles. The number of halogens is 1. The summed E-state index contributed by atoms with van der Waals surface area (Å²) < 4.78 is 6.41. The molecule has 3 nitrogen and oxygen atoms in total. The van der Waals surface area contributed by atoms with Gasteiger partial charge in [0.1, 0.15) is 5.75 Å². The number of nitrogens with two attached hydrogens (primary N) is 1. The molecule has 0 aliphatic heterocycles. The maximum Gasteiger partial charge on any atom is 0.142 e. The highest BCUT2D eigenvalue weighted by atomic mass is 79.9. The second kappa shape index (κ2) is 5.74. The third-order valence-electron chi connectivity index (χ3n) is 3.24. The van der Waals surface area contributed by atoms with Crippen molar-refractivity contribution in [2.45, 2.75) is 37.8 Å². The van der Waals surface area contributed by atoms with Gasteiger partial charge in [-0.15, -0.1) is 0 Å². The lowest BCUT2D eigenvalue weighted by atomic mass is 9.91. The van der Waals surface area contributed by atoms with Gasteiger partial charge in [-0.3, -0.25) is 0 Å². The fraction of sp³-hybridized carbons (Fsp3) is 0.538. The van der Waals surface area contributed by atoms with Crippen molar-refractivity contribution in [3.63, 3.8) is 0 Å². The standard InChI is InChI=1S/C13H19BrN2O/c1-17-13-6-5-9(14)7-12(13)16-11-4-2-3-10(15)8-11/h5-7,10-11,16H,2-4,8,15H2,1H3. The molecule has 0 aromatic heterocycles. The van der Waals surface area contributed by atoms with Crippen LogP contribution in [0.1, 0.15) is 25.7 Å². The Bertz CT molecular complexity index is 384. The van der Waals surface area contributed by atoms with E-state index in [4.69, 9.17) is 10.5 Å². The quantitative estimate of drug-likeness (QED) is 0.901. The van der Waals surface area contributed by atoms with Gasteiger partial charge in [-0.2, -0.15) is 0 Å². The van der Waals surface area contributed by atoms with Crippen molar-refractivity contribution in [3.05, 3.63) is 22.7 Å². The van der Waals surface area contributed by atoms with Crippen molar-refractivity contribution in [3.8, 4) is 5.75 Å². The molecule has 94 valence electrons. The zero-order valence-electron chi connectivity index (χ0n) is 10.1. The van der Waals surface area contributed by atoms with Gasteiger partial charge in [0.2, 0.25) is 0 Å². The molecular weight excluding hydrogens is 280 g/mol. The van der Waals surface area contributed by atoms with E-state index in [2.05, 4.69) is 27.3 Å². The number of hydrogen-bond donors (Lipinski definition) is 2. The van der Waals surface area contributed by atoms with Crippen LogP contribution in [0.25, 0.3) is 0 Å². The van der Waals surface area contributed by atoms with Crippen molar-refractivity contribution >= 4 is 21.6 Å². The predicted molar refractivity (Wildman–Crippen MR) is 74.5 cm³/mol. The van der Waals surface area contributed by atoms with Crippen LogP contribution in [0.2, 0.25) is 0 Å². The molecule has 1 aliphatic carbocycles. The smallest absolute Gasteiger partial charge is 0.142 e. The average Bonchev–Trinajstić information content (AvgIpc) is 2.29. The van der Waals surface area contributed by atoms with Gasteiger partial charge in [0.05, 0.1) is 12.8 Å². The van der Waals surface area contributed by atoms with Gasteiger partial charge in [-0.1, -0.05) is 15.9 Å². The molecule has 1 fully saturated rings.